The lowest BCUT2D eigenvalue weighted by Gasteiger charge is -2.23. The van der Waals surface area contributed by atoms with Gasteiger partial charge in [-0.2, -0.15) is 0 Å². The normalized spacial score (nSPS) is 16.6. The third-order valence-electron chi connectivity index (χ3n) is 3.88. The highest BCUT2D eigenvalue weighted by Crippen LogP contribution is 2.24. The SMILES string of the molecule is CCCNCC(CCC)n1cnc2c1CCCC2. The van der Waals surface area contributed by atoms with Gasteiger partial charge in [0.15, 0.2) is 0 Å². The molecule has 1 N–H and O–H groups in total. The van der Waals surface area contributed by atoms with E-state index in [9.17, 15) is 0 Å². The van der Waals surface area contributed by atoms with Crippen LogP contribution >= 0.6 is 0 Å². The van der Waals surface area contributed by atoms with Crippen molar-refractivity contribution >= 4 is 0 Å². The first-order valence-corrected chi connectivity index (χ1v) is 7.62. The Morgan fingerprint density at radius 1 is 1.28 bits per heavy atom. The fourth-order valence-electron chi connectivity index (χ4n) is 2.93. The zero-order valence-electron chi connectivity index (χ0n) is 11.9. The summed E-state index contributed by atoms with van der Waals surface area (Å²) < 4.78 is 2.46. The zero-order chi connectivity index (χ0) is 12.8. The van der Waals surface area contributed by atoms with Crippen LogP contribution in [0.3, 0.4) is 0 Å². The Morgan fingerprint density at radius 3 is 2.89 bits per heavy atom. The van der Waals surface area contributed by atoms with Crippen LogP contribution in [0.4, 0.5) is 0 Å². The van der Waals surface area contributed by atoms with Crippen molar-refractivity contribution in [3.05, 3.63) is 17.7 Å². The Morgan fingerprint density at radius 2 is 2.11 bits per heavy atom. The van der Waals surface area contributed by atoms with Gasteiger partial charge in [0.1, 0.15) is 0 Å². The molecule has 18 heavy (non-hydrogen) atoms. The van der Waals surface area contributed by atoms with Crippen molar-refractivity contribution in [3.8, 4) is 0 Å². The molecule has 0 radical (unpaired) electrons. The minimum Gasteiger partial charge on any atom is -0.330 e. The number of aryl methyl sites for hydroxylation is 1. The number of nitrogens with zero attached hydrogens (tertiary/aromatic N) is 2. The van der Waals surface area contributed by atoms with Crippen LogP contribution in [0, 0.1) is 0 Å². The van der Waals surface area contributed by atoms with E-state index in [2.05, 4.69) is 35.0 Å². The van der Waals surface area contributed by atoms with Crippen molar-refractivity contribution < 1.29 is 0 Å². The van der Waals surface area contributed by atoms with E-state index in [1.807, 2.05) is 0 Å². The highest BCUT2D eigenvalue weighted by molar-refractivity contribution is 5.17. The van der Waals surface area contributed by atoms with Crippen molar-refractivity contribution in [3.63, 3.8) is 0 Å². The number of hydrogen-bond acceptors (Lipinski definition) is 2. The highest BCUT2D eigenvalue weighted by atomic mass is 15.1. The number of imidazole rings is 1. The molecule has 1 aliphatic rings. The lowest BCUT2D eigenvalue weighted by atomic mass is 10.0. The first kappa shape index (κ1) is 13.6. The van der Waals surface area contributed by atoms with Gasteiger partial charge in [0, 0.05) is 18.3 Å². The first-order valence-electron chi connectivity index (χ1n) is 7.62. The van der Waals surface area contributed by atoms with Gasteiger partial charge in [-0.25, -0.2) is 4.98 Å². The standard InChI is InChI=1S/C15H27N3/c1-3-7-13(11-16-10-4-2)18-12-17-14-8-5-6-9-15(14)18/h12-13,16H,3-11H2,1-2H3. The molecule has 3 heteroatoms. The Hall–Kier alpha value is -0.830. The molecule has 1 atom stereocenters. The molecule has 1 aliphatic carbocycles. The van der Waals surface area contributed by atoms with Gasteiger partial charge in [-0.05, 0) is 45.1 Å². The van der Waals surface area contributed by atoms with Gasteiger partial charge in [0.2, 0.25) is 0 Å². The largest absolute Gasteiger partial charge is 0.330 e. The van der Waals surface area contributed by atoms with Gasteiger partial charge in [-0.15, -0.1) is 0 Å². The van der Waals surface area contributed by atoms with E-state index < -0.39 is 0 Å². The van der Waals surface area contributed by atoms with Crippen molar-refractivity contribution in [1.29, 1.82) is 0 Å². The molecule has 2 rings (SSSR count). The van der Waals surface area contributed by atoms with Gasteiger partial charge in [-0.1, -0.05) is 20.3 Å². The first-order chi connectivity index (χ1) is 8.86. The Bertz CT molecular complexity index is 357. The summed E-state index contributed by atoms with van der Waals surface area (Å²) in [6, 6.07) is 0.593. The molecule has 1 aromatic heterocycles. The van der Waals surface area contributed by atoms with Crippen LogP contribution in [0.15, 0.2) is 6.33 Å². The summed E-state index contributed by atoms with van der Waals surface area (Å²) in [4.78, 5) is 4.62. The number of hydrogen-bond donors (Lipinski definition) is 1. The summed E-state index contributed by atoms with van der Waals surface area (Å²) in [6.07, 6.45) is 10.8. The molecular formula is C15H27N3. The Balaban J connectivity index is 2.06. The summed E-state index contributed by atoms with van der Waals surface area (Å²) in [7, 11) is 0. The minimum absolute atomic E-state index is 0.593. The fraction of sp³-hybridized carbons (Fsp3) is 0.800. The summed E-state index contributed by atoms with van der Waals surface area (Å²) in [5.74, 6) is 0. The van der Waals surface area contributed by atoms with E-state index in [0.717, 1.165) is 13.1 Å². The van der Waals surface area contributed by atoms with Crippen LogP contribution in [0.1, 0.15) is 63.4 Å². The molecule has 102 valence electrons. The summed E-state index contributed by atoms with van der Waals surface area (Å²) >= 11 is 0. The predicted octanol–water partition coefficient (Wildman–Crippen LogP) is 3.10. The van der Waals surface area contributed by atoms with E-state index >= 15 is 0 Å². The fourth-order valence-corrected chi connectivity index (χ4v) is 2.93. The van der Waals surface area contributed by atoms with E-state index in [1.165, 1.54) is 56.3 Å². The second-order valence-electron chi connectivity index (χ2n) is 5.40. The smallest absolute Gasteiger partial charge is 0.0954 e. The number of rotatable bonds is 7. The lowest BCUT2D eigenvalue weighted by Crippen LogP contribution is -2.27. The van der Waals surface area contributed by atoms with Crippen LogP contribution in [0.25, 0.3) is 0 Å². The van der Waals surface area contributed by atoms with Crippen LogP contribution in [0.5, 0.6) is 0 Å². The summed E-state index contributed by atoms with van der Waals surface area (Å²) in [5, 5.41) is 3.57. The molecule has 0 amide bonds. The molecule has 1 aromatic rings. The van der Waals surface area contributed by atoms with Crippen molar-refractivity contribution in [1.82, 2.24) is 14.9 Å². The Kier molecular flexibility index (Phi) is 5.24. The Labute approximate surface area is 111 Å². The van der Waals surface area contributed by atoms with E-state index in [4.69, 9.17) is 0 Å². The van der Waals surface area contributed by atoms with Crippen LogP contribution in [-0.4, -0.2) is 22.6 Å². The van der Waals surface area contributed by atoms with E-state index in [-0.39, 0.29) is 0 Å². The van der Waals surface area contributed by atoms with Crippen LogP contribution in [-0.2, 0) is 12.8 Å². The maximum atomic E-state index is 4.62. The third kappa shape index (κ3) is 3.14. The minimum atomic E-state index is 0.593. The van der Waals surface area contributed by atoms with Crippen molar-refractivity contribution in [2.45, 2.75) is 64.8 Å². The second kappa shape index (κ2) is 6.93. The molecular weight excluding hydrogens is 222 g/mol. The van der Waals surface area contributed by atoms with Crippen molar-refractivity contribution in [2.75, 3.05) is 13.1 Å². The van der Waals surface area contributed by atoms with Gasteiger partial charge in [-0.3, -0.25) is 0 Å². The molecule has 0 fully saturated rings. The molecule has 1 heterocycles. The van der Waals surface area contributed by atoms with E-state index in [1.54, 1.807) is 0 Å². The summed E-state index contributed by atoms with van der Waals surface area (Å²) in [6.45, 7) is 6.71. The third-order valence-corrected chi connectivity index (χ3v) is 3.88. The average molecular weight is 249 g/mol. The van der Waals surface area contributed by atoms with E-state index in [0.29, 0.717) is 6.04 Å². The lowest BCUT2D eigenvalue weighted by molar-refractivity contribution is 0.414. The molecule has 3 nitrogen and oxygen atoms in total. The number of aromatic nitrogens is 2. The molecule has 0 aliphatic heterocycles. The maximum absolute atomic E-state index is 4.62. The molecule has 0 aromatic carbocycles. The number of fused-ring (bicyclic) bond motifs is 1. The van der Waals surface area contributed by atoms with Gasteiger partial charge in [0.25, 0.3) is 0 Å². The van der Waals surface area contributed by atoms with Crippen LogP contribution < -0.4 is 5.32 Å². The molecule has 0 saturated heterocycles. The quantitative estimate of drug-likeness (QED) is 0.753. The van der Waals surface area contributed by atoms with Gasteiger partial charge >= 0.3 is 0 Å². The zero-order valence-corrected chi connectivity index (χ0v) is 11.9. The highest BCUT2D eigenvalue weighted by Gasteiger charge is 2.19. The monoisotopic (exact) mass is 249 g/mol. The van der Waals surface area contributed by atoms with Gasteiger partial charge < -0.3 is 9.88 Å². The molecule has 0 bridgehead atoms. The molecule has 0 spiro atoms. The van der Waals surface area contributed by atoms with Crippen LogP contribution in [0.2, 0.25) is 0 Å². The predicted molar refractivity (Wildman–Crippen MR) is 76.0 cm³/mol. The average Bonchev–Trinajstić information content (AvgIpc) is 2.82. The summed E-state index contributed by atoms with van der Waals surface area (Å²) in [5.41, 5.74) is 2.87. The number of nitrogens with one attached hydrogen (secondary N) is 1. The second-order valence-corrected chi connectivity index (χ2v) is 5.40. The maximum Gasteiger partial charge on any atom is 0.0954 e. The van der Waals surface area contributed by atoms with Gasteiger partial charge in [0.05, 0.1) is 12.0 Å². The van der Waals surface area contributed by atoms with Crippen molar-refractivity contribution in [2.24, 2.45) is 0 Å². The molecule has 0 saturated carbocycles. The molecule has 1 unspecified atom stereocenters. The topological polar surface area (TPSA) is 29.9 Å².